The molecular weight excluding hydrogens is 480 g/mol. The molecule has 2 amide bonds. The minimum absolute atomic E-state index is 0.114. The van der Waals surface area contributed by atoms with Crippen molar-refractivity contribution in [3.63, 3.8) is 0 Å². The Balaban J connectivity index is 1.58. The topological polar surface area (TPSA) is 49.9 Å². The fourth-order valence-electron chi connectivity index (χ4n) is 4.82. The van der Waals surface area contributed by atoms with Gasteiger partial charge in [-0.1, -0.05) is 91.0 Å². The highest BCUT2D eigenvalue weighted by Gasteiger charge is 2.64. The first-order valence-electron chi connectivity index (χ1n) is 12.1. The highest BCUT2D eigenvalue weighted by molar-refractivity contribution is 8.15. The first-order chi connectivity index (χ1) is 18.0. The highest BCUT2D eigenvalue weighted by atomic mass is 32.2. The minimum atomic E-state index is -1.12. The van der Waals surface area contributed by atoms with Crippen molar-refractivity contribution in [2.75, 3.05) is 19.1 Å². The lowest BCUT2D eigenvalue weighted by atomic mass is 9.76. The average Bonchev–Trinajstić information content (AvgIpc) is 2.95. The third-order valence-electron chi connectivity index (χ3n) is 6.67. The second-order valence-electron chi connectivity index (χ2n) is 9.00. The molecule has 0 N–H and O–H groups in total. The molecular formula is C31H28N2O3S. The van der Waals surface area contributed by atoms with Gasteiger partial charge >= 0.3 is 0 Å². The van der Waals surface area contributed by atoms with Crippen molar-refractivity contribution < 1.29 is 14.3 Å². The van der Waals surface area contributed by atoms with Gasteiger partial charge in [-0.25, -0.2) is 0 Å². The van der Waals surface area contributed by atoms with Crippen molar-refractivity contribution in [3.8, 4) is 5.75 Å². The number of amides is 2. The molecule has 6 heteroatoms. The Kier molecular flexibility index (Phi) is 7.01. The molecule has 1 heterocycles. The third-order valence-corrected chi connectivity index (χ3v) is 8.11. The van der Waals surface area contributed by atoms with Crippen LogP contribution in [0.25, 0.3) is 0 Å². The number of para-hydroxylation sites is 1. The van der Waals surface area contributed by atoms with Crippen LogP contribution in [0.4, 0.5) is 10.5 Å². The van der Waals surface area contributed by atoms with Gasteiger partial charge in [0, 0.05) is 19.3 Å². The van der Waals surface area contributed by atoms with E-state index in [1.54, 1.807) is 24.0 Å². The largest absolute Gasteiger partial charge is 0.497 e. The Labute approximate surface area is 221 Å². The van der Waals surface area contributed by atoms with Crippen LogP contribution in [0.5, 0.6) is 5.75 Å². The summed E-state index contributed by atoms with van der Waals surface area (Å²) < 4.78 is 4.26. The van der Waals surface area contributed by atoms with E-state index < -0.39 is 10.8 Å². The molecule has 1 aliphatic heterocycles. The van der Waals surface area contributed by atoms with Crippen LogP contribution >= 0.6 is 11.8 Å². The number of rotatable bonds is 7. The monoisotopic (exact) mass is 508 g/mol. The summed E-state index contributed by atoms with van der Waals surface area (Å²) in [6.07, 6.45) is 0. The Bertz CT molecular complexity index is 1360. The summed E-state index contributed by atoms with van der Waals surface area (Å²) in [6.45, 7) is 0.460. The van der Waals surface area contributed by atoms with Crippen molar-refractivity contribution in [2.24, 2.45) is 0 Å². The maximum atomic E-state index is 14.2. The average molecular weight is 509 g/mol. The maximum absolute atomic E-state index is 14.2. The first kappa shape index (κ1) is 24.7. The number of hydrogen-bond acceptors (Lipinski definition) is 4. The van der Waals surface area contributed by atoms with Crippen LogP contribution in [0.15, 0.2) is 115 Å². The van der Waals surface area contributed by atoms with Crippen LogP contribution < -0.4 is 9.64 Å². The Morgan fingerprint density at radius 3 is 2.03 bits per heavy atom. The van der Waals surface area contributed by atoms with Crippen molar-refractivity contribution in [2.45, 2.75) is 17.3 Å². The Morgan fingerprint density at radius 1 is 0.865 bits per heavy atom. The van der Waals surface area contributed by atoms with Crippen LogP contribution in [0, 0.1) is 0 Å². The van der Waals surface area contributed by atoms with Gasteiger partial charge in [0.25, 0.3) is 11.1 Å². The predicted molar refractivity (Wildman–Crippen MR) is 149 cm³/mol. The lowest BCUT2D eigenvalue weighted by molar-refractivity contribution is -0.128. The van der Waals surface area contributed by atoms with Crippen molar-refractivity contribution in [1.82, 2.24) is 4.90 Å². The minimum Gasteiger partial charge on any atom is -0.497 e. The number of benzene rings is 4. The van der Waals surface area contributed by atoms with Gasteiger partial charge in [-0.3, -0.25) is 9.59 Å². The zero-order valence-corrected chi connectivity index (χ0v) is 21.6. The molecule has 2 atom stereocenters. The molecule has 0 aliphatic carbocycles. The van der Waals surface area contributed by atoms with E-state index in [9.17, 15) is 9.59 Å². The fourth-order valence-corrected chi connectivity index (χ4v) is 6.11. The smallest absolute Gasteiger partial charge is 0.283 e. The van der Waals surface area contributed by atoms with Crippen molar-refractivity contribution in [1.29, 1.82) is 0 Å². The van der Waals surface area contributed by atoms with E-state index in [-0.39, 0.29) is 11.1 Å². The van der Waals surface area contributed by atoms with Gasteiger partial charge in [-0.05, 0) is 52.7 Å². The molecule has 0 spiro atoms. The van der Waals surface area contributed by atoms with E-state index in [4.69, 9.17) is 4.74 Å². The third kappa shape index (κ3) is 4.60. The normalized spacial score (nSPS) is 18.7. The molecule has 0 bridgehead atoms. The van der Waals surface area contributed by atoms with Crippen LogP contribution in [-0.4, -0.2) is 30.2 Å². The van der Waals surface area contributed by atoms with Gasteiger partial charge < -0.3 is 14.5 Å². The number of methoxy groups -OCH3 is 1. The number of ether oxygens (including phenoxy) is 1. The van der Waals surface area contributed by atoms with Gasteiger partial charge in [0.15, 0.2) is 4.75 Å². The van der Waals surface area contributed by atoms with Crippen molar-refractivity contribution >= 4 is 28.6 Å². The summed E-state index contributed by atoms with van der Waals surface area (Å²) in [5.41, 5.74) is 3.56. The summed E-state index contributed by atoms with van der Waals surface area (Å²) >= 11 is 1.10. The zero-order chi connectivity index (χ0) is 25.8. The van der Waals surface area contributed by atoms with E-state index in [0.717, 1.165) is 39.9 Å². The van der Waals surface area contributed by atoms with E-state index in [1.165, 1.54) is 0 Å². The van der Waals surface area contributed by atoms with Crippen LogP contribution in [-0.2, 0) is 16.1 Å². The van der Waals surface area contributed by atoms with Gasteiger partial charge in [-0.15, -0.1) is 0 Å². The van der Waals surface area contributed by atoms with Gasteiger partial charge in [0.05, 0.1) is 13.2 Å². The van der Waals surface area contributed by atoms with Gasteiger partial charge in [0.2, 0.25) is 0 Å². The number of nitrogens with zero attached hydrogens (tertiary/aromatic N) is 2. The predicted octanol–water partition coefficient (Wildman–Crippen LogP) is 6.66. The quantitative estimate of drug-likeness (QED) is 0.262. The summed E-state index contributed by atoms with van der Waals surface area (Å²) in [4.78, 5) is 31.4. The number of carbonyl (C=O) groups excluding carboxylic acids is 2. The second kappa shape index (κ2) is 10.5. The molecule has 0 radical (unpaired) electrons. The summed E-state index contributed by atoms with van der Waals surface area (Å²) in [7, 11) is 3.41. The second-order valence-corrected chi connectivity index (χ2v) is 10.2. The first-order valence-corrected chi connectivity index (χ1v) is 12.9. The number of β-lactam (4-membered cyclic amide) rings is 1. The van der Waals surface area contributed by atoms with Gasteiger partial charge in [0.1, 0.15) is 5.75 Å². The van der Waals surface area contributed by atoms with Crippen molar-refractivity contribution in [3.05, 3.63) is 132 Å². The molecule has 5 rings (SSSR count). The van der Waals surface area contributed by atoms with E-state index in [1.807, 2.05) is 115 Å². The molecule has 1 fully saturated rings. The number of carbonyl (C=O) groups is 2. The molecule has 4 aromatic rings. The lowest BCUT2D eigenvalue weighted by Crippen LogP contribution is -2.65. The maximum Gasteiger partial charge on any atom is 0.283 e. The standard InChI is InChI=1S/C31H28N2O3S/c1-32(22-23-12-6-3-7-13-23)30(35)37-31(25-14-8-4-9-15-25)28(24-18-20-27(36-2)21-19-24)33(29(31)34)26-16-10-5-11-17-26/h3-21,28H,22H2,1-2H3/t28-,31-/m1/s1. The summed E-state index contributed by atoms with van der Waals surface area (Å²) in [5.74, 6) is 0.620. The zero-order valence-electron chi connectivity index (χ0n) is 20.8. The molecule has 5 nitrogen and oxygen atoms in total. The van der Waals surface area contributed by atoms with Crippen LogP contribution in [0.1, 0.15) is 22.7 Å². The SMILES string of the molecule is COc1ccc([C@H]2N(c3ccccc3)C(=O)[C@@]2(SC(=O)N(C)Cc2ccccc2)c2ccccc2)cc1. The molecule has 0 unspecified atom stereocenters. The van der Waals surface area contributed by atoms with Crippen LogP contribution in [0.2, 0.25) is 0 Å². The number of hydrogen-bond donors (Lipinski definition) is 0. The number of thioether (sulfide) groups is 1. The van der Waals surface area contributed by atoms with E-state index >= 15 is 0 Å². The molecule has 0 aromatic heterocycles. The lowest BCUT2D eigenvalue weighted by Gasteiger charge is -2.55. The molecule has 37 heavy (non-hydrogen) atoms. The number of anilines is 1. The molecule has 1 aliphatic rings. The highest BCUT2D eigenvalue weighted by Crippen LogP contribution is 2.60. The Morgan fingerprint density at radius 2 is 1.43 bits per heavy atom. The molecule has 186 valence electrons. The van der Waals surface area contributed by atoms with E-state index in [0.29, 0.717) is 6.54 Å². The summed E-state index contributed by atoms with van der Waals surface area (Å²) in [5, 5.41) is -0.160. The molecule has 1 saturated heterocycles. The molecule has 4 aromatic carbocycles. The van der Waals surface area contributed by atoms with Gasteiger partial charge in [-0.2, -0.15) is 0 Å². The Hall–Kier alpha value is -4.03. The fraction of sp³-hybridized carbons (Fsp3) is 0.161. The summed E-state index contributed by atoms with van der Waals surface area (Å²) in [6, 6.07) is 36.5. The van der Waals surface area contributed by atoms with Crippen LogP contribution in [0.3, 0.4) is 0 Å². The molecule has 0 saturated carbocycles. The van der Waals surface area contributed by atoms with E-state index in [2.05, 4.69) is 0 Å².